The van der Waals surface area contributed by atoms with Crippen molar-refractivity contribution >= 4 is 17.0 Å². The van der Waals surface area contributed by atoms with Crippen molar-refractivity contribution in [3.05, 3.63) is 30.6 Å². The first-order chi connectivity index (χ1) is 12.3. The van der Waals surface area contributed by atoms with Gasteiger partial charge >= 0.3 is 0 Å². The van der Waals surface area contributed by atoms with E-state index in [2.05, 4.69) is 48.2 Å². The fraction of sp³-hybridized carbons (Fsp3) is 0.529. The molecule has 4 heterocycles. The first-order valence-corrected chi connectivity index (χ1v) is 8.89. The molecule has 0 unspecified atom stereocenters. The Bertz CT molecular complexity index is 830. The van der Waals surface area contributed by atoms with Gasteiger partial charge in [-0.05, 0) is 25.3 Å². The van der Waals surface area contributed by atoms with Gasteiger partial charge in [0.1, 0.15) is 11.8 Å². The lowest BCUT2D eigenvalue weighted by Gasteiger charge is -2.35. The second-order valence-electron chi connectivity index (χ2n) is 6.57. The standard InChI is InChI=1S/C17H24N8/c1-3-13(14-4-7-22-24(14)2)23-12-5-8-25(9-6-12)17-15-16(19-10-18-15)20-11-21-17/h4,7,10-13,23H,3,5-6,8-9H2,1-2H3,(H,18,19,20,21)/t13-/m1/s1. The monoisotopic (exact) mass is 340 g/mol. The lowest BCUT2D eigenvalue weighted by atomic mass is 10.0. The highest BCUT2D eigenvalue weighted by atomic mass is 15.3. The van der Waals surface area contributed by atoms with E-state index in [-0.39, 0.29) is 0 Å². The molecule has 0 aromatic carbocycles. The van der Waals surface area contributed by atoms with Crippen LogP contribution in [0.25, 0.3) is 11.2 Å². The fourth-order valence-electron chi connectivity index (χ4n) is 3.67. The number of nitrogens with one attached hydrogen (secondary N) is 2. The van der Waals surface area contributed by atoms with E-state index in [0.29, 0.717) is 12.1 Å². The molecule has 2 N–H and O–H groups in total. The molecule has 8 nitrogen and oxygen atoms in total. The van der Waals surface area contributed by atoms with E-state index in [1.807, 2.05) is 17.9 Å². The Kier molecular flexibility index (Phi) is 4.35. The number of aryl methyl sites for hydroxylation is 1. The molecule has 0 saturated carbocycles. The van der Waals surface area contributed by atoms with Crippen LogP contribution in [0, 0.1) is 0 Å². The average molecular weight is 340 g/mol. The highest BCUT2D eigenvalue weighted by molar-refractivity contribution is 5.82. The molecule has 25 heavy (non-hydrogen) atoms. The molecule has 0 spiro atoms. The summed E-state index contributed by atoms with van der Waals surface area (Å²) < 4.78 is 1.96. The number of imidazole rings is 1. The Labute approximate surface area is 146 Å². The lowest BCUT2D eigenvalue weighted by molar-refractivity contribution is 0.354. The molecule has 1 fully saturated rings. The van der Waals surface area contributed by atoms with Crippen LogP contribution in [0.3, 0.4) is 0 Å². The lowest BCUT2D eigenvalue weighted by Crippen LogP contribution is -2.44. The van der Waals surface area contributed by atoms with Crippen LogP contribution >= 0.6 is 0 Å². The molecule has 3 aromatic heterocycles. The van der Waals surface area contributed by atoms with Crippen LogP contribution in [0.4, 0.5) is 5.82 Å². The minimum atomic E-state index is 0.349. The minimum Gasteiger partial charge on any atom is -0.355 e. The third-order valence-corrected chi connectivity index (χ3v) is 5.06. The van der Waals surface area contributed by atoms with Crippen LogP contribution in [-0.4, -0.2) is 48.8 Å². The van der Waals surface area contributed by atoms with Crippen molar-refractivity contribution in [2.75, 3.05) is 18.0 Å². The first kappa shape index (κ1) is 16.0. The van der Waals surface area contributed by atoms with Crippen molar-refractivity contribution in [1.82, 2.24) is 35.0 Å². The Balaban J connectivity index is 1.41. The van der Waals surface area contributed by atoms with E-state index in [4.69, 9.17) is 0 Å². The van der Waals surface area contributed by atoms with Crippen LogP contribution in [0.2, 0.25) is 0 Å². The molecule has 1 saturated heterocycles. The molecule has 0 radical (unpaired) electrons. The maximum Gasteiger partial charge on any atom is 0.182 e. The van der Waals surface area contributed by atoms with E-state index in [1.165, 1.54) is 5.69 Å². The van der Waals surface area contributed by atoms with E-state index >= 15 is 0 Å². The number of piperidine rings is 1. The summed E-state index contributed by atoms with van der Waals surface area (Å²) in [7, 11) is 2.01. The van der Waals surface area contributed by atoms with Gasteiger partial charge in [-0.3, -0.25) is 4.68 Å². The zero-order valence-electron chi connectivity index (χ0n) is 14.7. The molecule has 0 aliphatic carbocycles. The van der Waals surface area contributed by atoms with Crippen molar-refractivity contribution in [3.8, 4) is 0 Å². The van der Waals surface area contributed by atoms with Gasteiger partial charge in [-0.2, -0.15) is 5.10 Å². The molecular formula is C17H24N8. The first-order valence-electron chi connectivity index (χ1n) is 8.89. The van der Waals surface area contributed by atoms with Gasteiger partial charge in [0.2, 0.25) is 0 Å². The number of hydrogen-bond acceptors (Lipinski definition) is 6. The summed E-state index contributed by atoms with van der Waals surface area (Å²) in [4.78, 5) is 18.4. The summed E-state index contributed by atoms with van der Waals surface area (Å²) in [5, 5.41) is 8.11. The van der Waals surface area contributed by atoms with Crippen LogP contribution in [0.5, 0.6) is 0 Å². The Morgan fingerprint density at radius 2 is 2.12 bits per heavy atom. The van der Waals surface area contributed by atoms with E-state index < -0.39 is 0 Å². The van der Waals surface area contributed by atoms with Gasteiger partial charge in [0, 0.05) is 38.4 Å². The molecule has 1 aliphatic rings. The van der Waals surface area contributed by atoms with Gasteiger partial charge < -0.3 is 15.2 Å². The summed E-state index contributed by atoms with van der Waals surface area (Å²) in [5.74, 6) is 0.958. The summed E-state index contributed by atoms with van der Waals surface area (Å²) >= 11 is 0. The van der Waals surface area contributed by atoms with Crippen LogP contribution in [-0.2, 0) is 7.05 Å². The van der Waals surface area contributed by atoms with Crippen LogP contribution in [0.1, 0.15) is 37.9 Å². The normalized spacial score (nSPS) is 17.3. The highest BCUT2D eigenvalue weighted by Crippen LogP contribution is 2.25. The van der Waals surface area contributed by atoms with Crippen LogP contribution in [0.15, 0.2) is 24.9 Å². The Hall–Kier alpha value is -2.48. The van der Waals surface area contributed by atoms with E-state index in [1.54, 1.807) is 12.7 Å². The van der Waals surface area contributed by atoms with Crippen LogP contribution < -0.4 is 10.2 Å². The molecule has 1 aliphatic heterocycles. The predicted octanol–water partition coefficient (Wildman–Crippen LogP) is 1.80. The Morgan fingerprint density at radius 1 is 1.28 bits per heavy atom. The zero-order chi connectivity index (χ0) is 17.2. The second-order valence-corrected chi connectivity index (χ2v) is 6.57. The topological polar surface area (TPSA) is 87.5 Å². The average Bonchev–Trinajstić information content (AvgIpc) is 3.29. The zero-order valence-corrected chi connectivity index (χ0v) is 14.7. The minimum absolute atomic E-state index is 0.349. The maximum atomic E-state index is 4.47. The second kappa shape index (κ2) is 6.79. The van der Waals surface area contributed by atoms with Gasteiger partial charge in [0.15, 0.2) is 11.5 Å². The van der Waals surface area contributed by atoms with Crippen molar-refractivity contribution in [3.63, 3.8) is 0 Å². The number of nitrogens with zero attached hydrogens (tertiary/aromatic N) is 6. The van der Waals surface area contributed by atoms with Gasteiger partial charge in [-0.15, -0.1) is 0 Å². The SMILES string of the molecule is CC[C@@H](NC1CCN(c2ncnc3nc[nH]c23)CC1)c1ccnn1C. The number of aromatic nitrogens is 6. The number of rotatable bonds is 5. The highest BCUT2D eigenvalue weighted by Gasteiger charge is 2.25. The summed E-state index contributed by atoms with van der Waals surface area (Å²) in [5.41, 5.74) is 2.91. The van der Waals surface area contributed by atoms with Crippen molar-refractivity contribution in [2.45, 2.75) is 38.3 Å². The van der Waals surface area contributed by atoms with Crippen molar-refractivity contribution in [1.29, 1.82) is 0 Å². The van der Waals surface area contributed by atoms with E-state index in [9.17, 15) is 0 Å². The smallest absolute Gasteiger partial charge is 0.182 e. The number of H-pyrrole nitrogens is 1. The van der Waals surface area contributed by atoms with E-state index in [0.717, 1.165) is 49.3 Å². The fourth-order valence-corrected chi connectivity index (χ4v) is 3.67. The quantitative estimate of drug-likeness (QED) is 0.736. The molecule has 8 heteroatoms. The summed E-state index contributed by atoms with van der Waals surface area (Å²) in [6.45, 7) is 4.17. The summed E-state index contributed by atoms with van der Waals surface area (Å²) in [6, 6.07) is 2.96. The third-order valence-electron chi connectivity index (χ3n) is 5.06. The number of hydrogen-bond donors (Lipinski definition) is 2. The number of aromatic amines is 1. The molecular weight excluding hydrogens is 316 g/mol. The summed E-state index contributed by atoms with van der Waals surface area (Å²) in [6.07, 6.45) is 8.38. The molecule has 1 atom stereocenters. The molecule has 0 amide bonds. The molecule has 132 valence electrons. The van der Waals surface area contributed by atoms with Gasteiger partial charge in [-0.25, -0.2) is 15.0 Å². The molecule has 0 bridgehead atoms. The van der Waals surface area contributed by atoms with Gasteiger partial charge in [0.25, 0.3) is 0 Å². The van der Waals surface area contributed by atoms with Gasteiger partial charge in [0.05, 0.1) is 12.0 Å². The molecule has 4 rings (SSSR count). The van der Waals surface area contributed by atoms with Crippen molar-refractivity contribution in [2.24, 2.45) is 7.05 Å². The van der Waals surface area contributed by atoms with Gasteiger partial charge in [-0.1, -0.05) is 6.92 Å². The number of anilines is 1. The molecule has 3 aromatic rings. The maximum absolute atomic E-state index is 4.47. The predicted molar refractivity (Wildman–Crippen MR) is 96.3 cm³/mol. The Morgan fingerprint density at radius 3 is 2.84 bits per heavy atom. The number of fused-ring (bicyclic) bond motifs is 1. The van der Waals surface area contributed by atoms with Crippen molar-refractivity contribution < 1.29 is 0 Å². The largest absolute Gasteiger partial charge is 0.355 e. The third kappa shape index (κ3) is 3.09.